The SMILES string of the molecule is Nc1ncnc2c1ncn2[C@@H]1O[C@H](CO)[C@@H](O)[C@H]1O.O=[P+](O)O. The first-order chi connectivity index (χ1) is 10.9. The van der Waals surface area contributed by atoms with Gasteiger partial charge in [0.25, 0.3) is 0 Å². The number of aliphatic hydroxyl groups is 3. The summed E-state index contributed by atoms with van der Waals surface area (Å²) in [6.07, 6.45) is -1.42. The van der Waals surface area contributed by atoms with Gasteiger partial charge in [0, 0.05) is 4.57 Å². The van der Waals surface area contributed by atoms with Gasteiger partial charge in [-0.05, 0) is 0 Å². The molecular weight excluding hydrogens is 333 g/mol. The summed E-state index contributed by atoms with van der Waals surface area (Å²) in [5.74, 6) is 0.218. The molecule has 3 heterocycles. The van der Waals surface area contributed by atoms with Gasteiger partial charge in [0.2, 0.25) is 0 Å². The second-order valence-electron chi connectivity index (χ2n) is 4.56. The lowest BCUT2D eigenvalue weighted by molar-refractivity contribution is -0.0511. The fraction of sp³-hybridized carbons (Fsp3) is 0.500. The maximum absolute atomic E-state index is 9.95. The van der Waals surface area contributed by atoms with Crippen LogP contribution in [-0.4, -0.2) is 69.5 Å². The second kappa shape index (κ2) is 7.19. The van der Waals surface area contributed by atoms with E-state index in [1.807, 2.05) is 0 Å². The van der Waals surface area contributed by atoms with Gasteiger partial charge in [0.1, 0.15) is 30.2 Å². The summed E-state index contributed by atoms with van der Waals surface area (Å²) in [5, 5.41) is 28.7. The quantitative estimate of drug-likeness (QED) is 0.318. The molecule has 1 fully saturated rings. The number of imidazole rings is 1. The molecule has 23 heavy (non-hydrogen) atoms. The van der Waals surface area contributed by atoms with E-state index >= 15 is 0 Å². The van der Waals surface area contributed by atoms with Crippen molar-refractivity contribution < 1.29 is 34.4 Å². The number of anilines is 1. The highest BCUT2D eigenvalue weighted by Crippen LogP contribution is 2.31. The van der Waals surface area contributed by atoms with Crippen LogP contribution in [0.15, 0.2) is 12.7 Å². The van der Waals surface area contributed by atoms with Crippen LogP contribution in [0.25, 0.3) is 11.2 Å². The van der Waals surface area contributed by atoms with Crippen LogP contribution in [-0.2, 0) is 9.30 Å². The molecule has 7 N–H and O–H groups in total. The van der Waals surface area contributed by atoms with Gasteiger partial charge in [-0.25, -0.2) is 15.0 Å². The van der Waals surface area contributed by atoms with Crippen molar-refractivity contribution in [3.05, 3.63) is 12.7 Å². The zero-order chi connectivity index (χ0) is 17.1. The average Bonchev–Trinajstić information content (AvgIpc) is 3.02. The molecule has 0 saturated carbocycles. The first kappa shape index (κ1) is 17.6. The molecule has 0 amide bonds. The minimum absolute atomic E-state index is 0.218. The third-order valence-corrected chi connectivity index (χ3v) is 3.18. The number of ether oxygens (including phenoxy) is 1. The maximum Gasteiger partial charge on any atom is 0.692 e. The number of hydrogen-bond acceptors (Lipinski definition) is 9. The average molecular weight is 348 g/mol. The van der Waals surface area contributed by atoms with Crippen molar-refractivity contribution in [1.29, 1.82) is 0 Å². The lowest BCUT2D eigenvalue weighted by Gasteiger charge is -2.16. The molecule has 2 aromatic rings. The van der Waals surface area contributed by atoms with Crippen molar-refractivity contribution >= 4 is 25.2 Å². The first-order valence-electron chi connectivity index (χ1n) is 6.27. The van der Waals surface area contributed by atoms with Gasteiger partial charge >= 0.3 is 8.25 Å². The van der Waals surface area contributed by atoms with E-state index in [0.717, 1.165) is 0 Å². The lowest BCUT2D eigenvalue weighted by atomic mass is 10.1. The van der Waals surface area contributed by atoms with E-state index in [1.54, 1.807) is 0 Å². The standard InChI is InChI=1S/C10H13N5O4.HO3P/c11-8-5-9(13-2-12-8)15(3-14-5)10-7(18)6(17)4(1-16)19-10;1-4(2)3/h2-4,6-7,10,16-18H,1H2,(H2,11,12,13);(H-,1,2,3)/p+1/t4-,6-,7-,10-;/m1./s1. The fourth-order valence-electron chi connectivity index (χ4n) is 2.17. The zero-order valence-electron chi connectivity index (χ0n) is 11.5. The van der Waals surface area contributed by atoms with Gasteiger partial charge in [-0.15, -0.1) is 9.79 Å². The molecular formula is C10H15N5O7P+. The molecule has 4 atom stereocenters. The molecule has 0 spiro atoms. The van der Waals surface area contributed by atoms with E-state index in [1.165, 1.54) is 17.2 Å². The lowest BCUT2D eigenvalue weighted by Crippen LogP contribution is -2.33. The van der Waals surface area contributed by atoms with Crippen molar-refractivity contribution in [1.82, 2.24) is 19.5 Å². The number of fused-ring (bicyclic) bond motifs is 1. The van der Waals surface area contributed by atoms with Crippen molar-refractivity contribution in [2.24, 2.45) is 0 Å². The largest absolute Gasteiger partial charge is 0.692 e. The van der Waals surface area contributed by atoms with Crippen LogP contribution in [0.2, 0.25) is 0 Å². The van der Waals surface area contributed by atoms with Gasteiger partial charge in [0.05, 0.1) is 12.9 Å². The maximum atomic E-state index is 9.95. The van der Waals surface area contributed by atoms with Crippen LogP contribution < -0.4 is 5.73 Å². The Labute approximate surface area is 129 Å². The zero-order valence-corrected chi connectivity index (χ0v) is 12.4. The molecule has 2 aromatic heterocycles. The molecule has 1 aliphatic heterocycles. The van der Waals surface area contributed by atoms with Crippen molar-refractivity contribution in [3.63, 3.8) is 0 Å². The Balaban J connectivity index is 0.000000433. The molecule has 13 heteroatoms. The predicted molar refractivity (Wildman–Crippen MR) is 74.8 cm³/mol. The number of nitrogens with two attached hydrogens (primary N) is 1. The van der Waals surface area contributed by atoms with Gasteiger partial charge in [-0.2, -0.15) is 0 Å². The van der Waals surface area contributed by atoms with E-state index in [0.29, 0.717) is 11.2 Å². The third kappa shape index (κ3) is 3.59. The molecule has 12 nitrogen and oxygen atoms in total. The minimum atomic E-state index is -2.87. The number of nitrogen functional groups attached to an aromatic ring is 1. The highest BCUT2D eigenvalue weighted by atomic mass is 31.1. The Bertz CT molecular complexity index is 693. The Morgan fingerprint density at radius 3 is 2.48 bits per heavy atom. The molecule has 0 unspecified atom stereocenters. The van der Waals surface area contributed by atoms with Crippen LogP contribution in [0.4, 0.5) is 5.82 Å². The smallest absolute Gasteiger partial charge is 0.394 e. The normalized spacial score (nSPS) is 26.8. The predicted octanol–water partition coefficient (Wildman–Crippen LogP) is -2.35. The number of aromatic nitrogens is 4. The molecule has 3 rings (SSSR count). The monoisotopic (exact) mass is 348 g/mol. The van der Waals surface area contributed by atoms with Gasteiger partial charge < -0.3 is 25.8 Å². The Morgan fingerprint density at radius 1 is 1.26 bits per heavy atom. The Kier molecular flexibility index (Phi) is 5.49. The summed E-state index contributed by atoms with van der Waals surface area (Å²) in [6, 6.07) is 0. The van der Waals surface area contributed by atoms with Crippen molar-refractivity contribution in [2.75, 3.05) is 12.3 Å². The van der Waals surface area contributed by atoms with Crippen LogP contribution in [0.1, 0.15) is 6.23 Å². The molecule has 0 radical (unpaired) electrons. The minimum Gasteiger partial charge on any atom is -0.394 e. The second-order valence-corrected chi connectivity index (χ2v) is 5.07. The molecule has 1 aliphatic rings. The van der Waals surface area contributed by atoms with Crippen molar-refractivity contribution in [2.45, 2.75) is 24.5 Å². The third-order valence-electron chi connectivity index (χ3n) is 3.18. The van der Waals surface area contributed by atoms with Gasteiger partial charge in [0.15, 0.2) is 17.7 Å². The summed E-state index contributed by atoms with van der Waals surface area (Å²) in [7, 11) is -2.87. The Hall–Kier alpha value is -1.79. The van der Waals surface area contributed by atoms with E-state index in [-0.39, 0.29) is 5.82 Å². The molecule has 1 saturated heterocycles. The number of hydrogen-bond donors (Lipinski definition) is 6. The van der Waals surface area contributed by atoms with E-state index < -0.39 is 39.4 Å². The Morgan fingerprint density at radius 2 is 1.91 bits per heavy atom. The summed E-state index contributed by atoms with van der Waals surface area (Å²) >= 11 is 0. The summed E-state index contributed by atoms with van der Waals surface area (Å²) < 4.78 is 15.6. The summed E-state index contributed by atoms with van der Waals surface area (Å²) in [4.78, 5) is 26.1. The van der Waals surface area contributed by atoms with Gasteiger partial charge in [-0.1, -0.05) is 0 Å². The van der Waals surface area contributed by atoms with Crippen LogP contribution in [0, 0.1) is 0 Å². The molecule has 126 valence electrons. The number of aliphatic hydroxyl groups excluding tert-OH is 3. The topological polar surface area (TPSA) is 197 Å². The number of rotatable bonds is 2. The highest BCUT2D eigenvalue weighted by Gasteiger charge is 2.43. The first-order valence-corrected chi connectivity index (χ1v) is 7.43. The highest BCUT2D eigenvalue weighted by molar-refractivity contribution is 7.30. The molecule has 0 aromatic carbocycles. The van der Waals surface area contributed by atoms with E-state index in [4.69, 9.17) is 29.9 Å². The van der Waals surface area contributed by atoms with E-state index in [9.17, 15) is 10.2 Å². The summed E-state index contributed by atoms with van der Waals surface area (Å²) in [5.41, 5.74) is 6.44. The fourth-order valence-corrected chi connectivity index (χ4v) is 2.17. The number of nitrogens with zero attached hydrogens (tertiary/aromatic N) is 4. The molecule has 0 aliphatic carbocycles. The van der Waals surface area contributed by atoms with Crippen LogP contribution in [0.3, 0.4) is 0 Å². The van der Waals surface area contributed by atoms with Crippen molar-refractivity contribution in [3.8, 4) is 0 Å². The van der Waals surface area contributed by atoms with Gasteiger partial charge in [-0.3, -0.25) is 4.57 Å². The van der Waals surface area contributed by atoms with Crippen LogP contribution in [0.5, 0.6) is 0 Å². The molecule has 0 bridgehead atoms. The summed E-state index contributed by atoms with van der Waals surface area (Å²) in [6.45, 7) is -0.390. The van der Waals surface area contributed by atoms with Crippen LogP contribution >= 0.6 is 8.25 Å². The van der Waals surface area contributed by atoms with E-state index in [2.05, 4.69) is 15.0 Å².